The number of nitrogens with one attached hydrogen (secondary N) is 2. The zero-order chi connectivity index (χ0) is 15.4. The van der Waals surface area contributed by atoms with Crippen LogP contribution in [0, 0.1) is 0 Å². The first-order valence-corrected chi connectivity index (χ1v) is 6.58. The summed E-state index contributed by atoms with van der Waals surface area (Å²) in [6, 6.07) is 11.5. The maximum Gasteiger partial charge on any atom is 0.262 e. The minimum absolute atomic E-state index is 0.00131. The highest BCUT2D eigenvalue weighted by Crippen LogP contribution is 2.21. The van der Waals surface area contributed by atoms with Gasteiger partial charge < -0.3 is 5.32 Å². The number of nitrogens with zero attached hydrogens (tertiary/aromatic N) is 2. The second kappa shape index (κ2) is 6.01. The van der Waals surface area contributed by atoms with Gasteiger partial charge in [-0.3, -0.25) is 19.6 Å². The van der Waals surface area contributed by atoms with Crippen LogP contribution in [0.1, 0.15) is 10.4 Å². The number of benzene rings is 1. The van der Waals surface area contributed by atoms with E-state index in [-0.39, 0.29) is 11.5 Å². The number of aldehydes is 1. The van der Waals surface area contributed by atoms with Crippen LogP contribution in [-0.4, -0.2) is 21.2 Å². The van der Waals surface area contributed by atoms with Gasteiger partial charge in [-0.1, -0.05) is 12.1 Å². The van der Waals surface area contributed by atoms with Crippen LogP contribution >= 0.6 is 0 Å². The van der Waals surface area contributed by atoms with Crippen LogP contribution in [0.5, 0.6) is 0 Å². The Hall–Kier alpha value is -3.28. The standard InChI is InChI=1S/C16H12N4O2/c21-10-13-9-18-16(20-15(13)22)19-14-3-1-11(2-4-14)12-5-7-17-8-6-12/h1-10H,(H2,18,19,20,22). The van der Waals surface area contributed by atoms with Crippen molar-refractivity contribution < 1.29 is 4.79 Å². The minimum Gasteiger partial charge on any atom is -0.326 e. The fourth-order valence-corrected chi connectivity index (χ4v) is 1.98. The molecule has 108 valence electrons. The Bertz CT molecular complexity index is 842. The van der Waals surface area contributed by atoms with Crippen molar-refractivity contribution in [1.82, 2.24) is 15.0 Å². The molecule has 6 nitrogen and oxygen atoms in total. The topological polar surface area (TPSA) is 87.7 Å². The Labute approximate surface area is 125 Å². The van der Waals surface area contributed by atoms with Gasteiger partial charge in [-0.15, -0.1) is 0 Å². The molecule has 3 aromatic rings. The molecule has 0 amide bonds. The van der Waals surface area contributed by atoms with E-state index in [1.54, 1.807) is 12.4 Å². The first-order chi connectivity index (χ1) is 10.8. The average Bonchev–Trinajstić information content (AvgIpc) is 2.57. The third-order valence-corrected chi connectivity index (χ3v) is 3.12. The van der Waals surface area contributed by atoms with Crippen LogP contribution in [-0.2, 0) is 0 Å². The monoisotopic (exact) mass is 292 g/mol. The molecule has 2 aromatic heterocycles. The Balaban J connectivity index is 1.80. The maximum atomic E-state index is 11.5. The molecule has 0 atom stereocenters. The first kappa shape index (κ1) is 13.7. The lowest BCUT2D eigenvalue weighted by atomic mass is 10.1. The number of aromatic amines is 1. The van der Waals surface area contributed by atoms with Gasteiger partial charge in [-0.2, -0.15) is 0 Å². The van der Waals surface area contributed by atoms with E-state index in [9.17, 15) is 9.59 Å². The lowest BCUT2D eigenvalue weighted by Crippen LogP contribution is -2.14. The molecule has 0 aliphatic heterocycles. The van der Waals surface area contributed by atoms with E-state index >= 15 is 0 Å². The zero-order valence-corrected chi connectivity index (χ0v) is 11.5. The summed E-state index contributed by atoms with van der Waals surface area (Å²) in [6.45, 7) is 0. The van der Waals surface area contributed by atoms with Crippen molar-refractivity contribution in [3.05, 3.63) is 70.9 Å². The molecule has 0 aliphatic rings. The van der Waals surface area contributed by atoms with E-state index in [4.69, 9.17) is 0 Å². The quantitative estimate of drug-likeness (QED) is 0.721. The number of anilines is 2. The van der Waals surface area contributed by atoms with Crippen molar-refractivity contribution in [2.45, 2.75) is 0 Å². The van der Waals surface area contributed by atoms with Crippen molar-refractivity contribution in [3.8, 4) is 11.1 Å². The summed E-state index contributed by atoms with van der Waals surface area (Å²) in [5.41, 5.74) is 2.44. The van der Waals surface area contributed by atoms with Gasteiger partial charge in [0.2, 0.25) is 5.95 Å². The van der Waals surface area contributed by atoms with Crippen molar-refractivity contribution in [3.63, 3.8) is 0 Å². The highest BCUT2D eigenvalue weighted by Gasteiger charge is 2.02. The third kappa shape index (κ3) is 2.90. The summed E-state index contributed by atoms with van der Waals surface area (Å²) in [5, 5.41) is 2.98. The van der Waals surface area contributed by atoms with Crippen molar-refractivity contribution >= 4 is 17.9 Å². The van der Waals surface area contributed by atoms with Crippen molar-refractivity contribution in [2.24, 2.45) is 0 Å². The van der Waals surface area contributed by atoms with Crippen LogP contribution in [0.25, 0.3) is 11.1 Å². The highest BCUT2D eigenvalue weighted by atomic mass is 16.1. The molecule has 0 unspecified atom stereocenters. The molecule has 0 aliphatic carbocycles. The molecule has 0 saturated carbocycles. The summed E-state index contributed by atoms with van der Waals surface area (Å²) in [5.74, 6) is 0.285. The number of carbonyl (C=O) groups excluding carboxylic acids is 1. The van der Waals surface area contributed by atoms with Crippen LogP contribution in [0.2, 0.25) is 0 Å². The molecular weight excluding hydrogens is 280 g/mol. The Morgan fingerprint density at radius 1 is 1.00 bits per heavy atom. The molecule has 0 fully saturated rings. The van der Waals surface area contributed by atoms with Gasteiger partial charge in [0.05, 0.1) is 5.56 Å². The highest BCUT2D eigenvalue weighted by molar-refractivity contribution is 5.73. The number of hydrogen-bond acceptors (Lipinski definition) is 5. The van der Waals surface area contributed by atoms with Gasteiger partial charge in [0, 0.05) is 24.3 Å². The molecule has 2 heterocycles. The summed E-state index contributed by atoms with van der Waals surface area (Å²) >= 11 is 0. The van der Waals surface area contributed by atoms with Gasteiger partial charge >= 0.3 is 0 Å². The smallest absolute Gasteiger partial charge is 0.262 e. The summed E-state index contributed by atoms with van der Waals surface area (Å²) in [7, 11) is 0. The van der Waals surface area contributed by atoms with E-state index in [1.807, 2.05) is 36.4 Å². The molecule has 3 rings (SSSR count). The number of H-pyrrole nitrogens is 1. The number of hydrogen-bond donors (Lipinski definition) is 2. The third-order valence-electron chi connectivity index (χ3n) is 3.12. The van der Waals surface area contributed by atoms with Gasteiger partial charge in [-0.25, -0.2) is 4.98 Å². The molecular formula is C16H12N4O2. The van der Waals surface area contributed by atoms with E-state index < -0.39 is 5.56 Å². The zero-order valence-electron chi connectivity index (χ0n) is 11.5. The number of pyridine rings is 1. The largest absolute Gasteiger partial charge is 0.326 e. The van der Waals surface area contributed by atoms with Gasteiger partial charge in [-0.05, 0) is 35.4 Å². The van der Waals surface area contributed by atoms with Crippen LogP contribution < -0.4 is 10.9 Å². The van der Waals surface area contributed by atoms with Gasteiger partial charge in [0.25, 0.3) is 5.56 Å². The number of aromatic nitrogens is 3. The van der Waals surface area contributed by atoms with E-state index in [2.05, 4.69) is 20.3 Å². The van der Waals surface area contributed by atoms with E-state index in [0.29, 0.717) is 6.29 Å². The lowest BCUT2D eigenvalue weighted by Gasteiger charge is -2.06. The summed E-state index contributed by atoms with van der Waals surface area (Å²) in [4.78, 5) is 32.6. The Kier molecular flexibility index (Phi) is 3.74. The number of carbonyl (C=O) groups is 1. The molecule has 22 heavy (non-hydrogen) atoms. The molecule has 0 radical (unpaired) electrons. The molecule has 6 heteroatoms. The van der Waals surface area contributed by atoms with Gasteiger partial charge in [0.15, 0.2) is 6.29 Å². The van der Waals surface area contributed by atoms with Crippen LogP contribution in [0.4, 0.5) is 11.6 Å². The normalized spacial score (nSPS) is 10.2. The summed E-state index contributed by atoms with van der Waals surface area (Å²) in [6.07, 6.45) is 5.19. The van der Waals surface area contributed by atoms with Crippen LogP contribution in [0.15, 0.2) is 59.8 Å². The Morgan fingerprint density at radius 2 is 1.68 bits per heavy atom. The van der Waals surface area contributed by atoms with Crippen LogP contribution in [0.3, 0.4) is 0 Å². The second-order valence-corrected chi connectivity index (χ2v) is 4.57. The maximum absolute atomic E-state index is 11.5. The van der Waals surface area contributed by atoms with E-state index in [1.165, 1.54) is 6.20 Å². The van der Waals surface area contributed by atoms with Crippen molar-refractivity contribution in [2.75, 3.05) is 5.32 Å². The fraction of sp³-hybridized carbons (Fsp3) is 0. The van der Waals surface area contributed by atoms with Gasteiger partial charge in [0.1, 0.15) is 0 Å². The molecule has 1 aromatic carbocycles. The fourth-order valence-electron chi connectivity index (χ4n) is 1.98. The molecule has 0 saturated heterocycles. The molecule has 0 spiro atoms. The van der Waals surface area contributed by atoms with Crippen molar-refractivity contribution in [1.29, 1.82) is 0 Å². The SMILES string of the molecule is O=Cc1cnc(Nc2ccc(-c3ccncc3)cc2)[nH]c1=O. The minimum atomic E-state index is -0.471. The Morgan fingerprint density at radius 3 is 2.32 bits per heavy atom. The average molecular weight is 292 g/mol. The molecule has 0 bridgehead atoms. The van der Waals surface area contributed by atoms with E-state index in [0.717, 1.165) is 16.8 Å². The predicted molar refractivity (Wildman–Crippen MR) is 83.2 cm³/mol. The second-order valence-electron chi connectivity index (χ2n) is 4.57. The lowest BCUT2D eigenvalue weighted by molar-refractivity contribution is 0.112. The first-order valence-electron chi connectivity index (χ1n) is 6.58. The molecule has 2 N–H and O–H groups in total. The summed E-state index contributed by atoms with van der Waals surface area (Å²) < 4.78 is 0. The predicted octanol–water partition coefficient (Wildman–Crippen LogP) is 2.39. The number of rotatable bonds is 4.